The molecule has 0 aliphatic rings. The minimum absolute atomic E-state index is 0.259. The second kappa shape index (κ2) is 9.59. The van der Waals surface area contributed by atoms with Crippen molar-refractivity contribution >= 4 is 57.8 Å². The van der Waals surface area contributed by atoms with Gasteiger partial charge in [-0.25, -0.2) is 0 Å². The molecule has 5 nitrogen and oxygen atoms in total. The zero-order chi connectivity index (χ0) is 19.9. The van der Waals surface area contributed by atoms with Crippen molar-refractivity contribution in [1.82, 2.24) is 5.32 Å². The smallest absolute Gasteiger partial charge is 0.291 e. The first kappa shape index (κ1) is 20.2. The van der Waals surface area contributed by atoms with Crippen LogP contribution < -0.4 is 16.0 Å². The van der Waals surface area contributed by atoms with Crippen LogP contribution in [0.2, 0.25) is 10.0 Å². The summed E-state index contributed by atoms with van der Waals surface area (Å²) in [5.74, 6) is -0.0419. The number of amides is 1. The Morgan fingerprint density at radius 3 is 2.32 bits per heavy atom. The number of furan rings is 1. The molecule has 1 aromatic heterocycles. The monoisotopic (exact) mass is 433 g/mol. The van der Waals surface area contributed by atoms with E-state index in [4.69, 9.17) is 39.8 Å². The minimum atomic E-state index is -0.301. The second-order valence-electron chi connectivity index (χ2n) is 5.89. The predicted molar refractivity (Wildman–Crippen MR) is 117 cm³/mol. The summed E-state index contributed by atoms with van der Waals surface area (Å²) in [6, 6.07) is 16.0. The molecule has 2 aromatic carbocycles. The molecule has 0 bridgehead atoms. The van der Waals surface area contributed by atoms with Crippen molar-refractivity contribution in [3.8, 4) is 0 Å². The van der Waals surface area contributed by atoms with Crippen molar-refractivity contribution in [3.05, 3.63) is 82.2 Å². The lowest BCUT2D eigenvalue weighted by Crippen LogP contribution is -2.30. The Balaban J connectivity index is 1.45. The Hall–Kier alpha value is -2.54. The summed E-state index contributed by atoms with van der Waals surface area (Å²) >= 11 is 17.2. The average Bonchev–Trinajstić information content (AvgIpc) is 3.21. The third-order valence-corrected chi connectivity index (χ3v) is 4.81. The van der Waals surface area contributed by atoms with Crippen molar-refractivity contribution in [2.45, 2.75) is 6.42 Å². The fraction of sp³-hybridized carbons (Fsp3) is 0.100. The van der Waals surface area contributed by atoms with Gasteiger partial charge in [-0.05, 0) is 72.7 Å². The van der Waals surface area contributed by atoms with Gasteiger partial charge in [0.15, 0.2) is 10.9 Å². The maximum Gasteiger partial charge on any atom is 0.291 e. The molecular weight excluding hydrogens is 417 g/mol. The van der Waals surface area contributed by atoms with Gasteiger partial charge in [0.25, 0.3) is 5.91 Å². The predicted octanol–water partition coefficient (Wildman–Crippen LogP) is 5.37. The Bertz CT molecular complexity index is 960. The van der Waals surface area contributed by atoms with Crippen LogP contribution in [0.5, 0.6) is 0 Å². The van der Waals surface area contributed by atoms with E-state index in [2.05, 4.69) is 16.0 Å². The molecule has 0 saturated carbocycles. The molecule has 28 heavy (non-hydrogen) atoms. The molecule has 3 aromatic rings. The average molecular weight is 434 g/mol. The number of anilines is 2. The molecule has 0 unspecified atom stereocenters. The SMILES string of the molecule is O=C(Nc1ccc(NC(=S)NCCc2ccc(Cl)c(Cl)c2)cc1)c1ccco1. The molecule has 0 saturated heterocycles. The molecule has 0 fully saturated rings. The van der Waals surface area contributed by atoms with Gasteiger partial charge in [0.1, 0.15) is 0 Å². The first-order valence-corrected chi connectivity index (χ1v) is 9.61. The number of halogens is 2. The highest BCUT2D eigenvalue weighted by atomic mass is 35.5. The van der Waals surface area contributed by atoms with Gasteiger partial charge in [-0.1, -0.05) is 29.3 Å². The molecule has 0 radical (unpaired) electrons. The molecule has 0 aliphatic carbocycles. The van der Waals surface area contributed by atoms with E-state index in [1.54, 1.807) is 30.3 Å². The fourth-order valence-electron chi connectivity index (χ4n) is 2.43. The van der Waals surface area contributed by atoms with Crippen molar-refractivity contribution in [2.75, 3.05) is 17.2 Å². The van der Waals surface area contributed by atoms with Crippen LogP contribution in [0.4, 0.5) is 11.4 Å². The van der Waals surface area contributed by atoms with Crippen LogP contribution in [0.25, 0.3) is 0 Å². The number of rotatable bonds is 6. The zero-order valence-corrected chi connectivity index (χ0v) is 17.0. The summed E-state index contributed by atoms with van der Waals surface area (Å²) in [4.78, 5) is 11.9. The molecule has 1 amide bonds. The maximum atomic E-state index is 11.9. The lowest BCUT2D eigenvalue weighted by molar-refractivity contribution is 0.0996. The van der Waals surface area contributed by atoms with E-state index in [0.29, 0.717) is 27.4 Å². The third-order valence-electron chi connectivity index (χ3n) is 3.83. The molecule has 0 atom stereocenters. The van der Waals surface area contributed by atoms with Crippen LogP contribution in [0, 0.1) is 0 Å². The van der Waals surface area contributed by atoms with Crippen LogP contribution in [0.3, 0.4) is 0 Å². The summed E-state index contributed by atoms with van der Waals surface area (Å²) in [6.45, 7) is 0.654. The number of carbonyl (C=O) groups excluding carboxylic acids is 1. The number of nitrogens with one attached hydrogen (secondary N) is 3. The van der Waals surface area contributed by atoms with E-state index in [-0.39, 0.29) is 11.7 Å². The van der Waals surface area contributed by atoms with Crippen LogP contribution >= 0.6 is 35.4 Å². The van der Waals surface area contributed by atoms with E-state index < -0.39 is 0 Å². The number of benzene rings is 2. The van der Waals surface area contributed by atoms with E-state index >= 15 is 0 Å². The maximum absolute atomic E-state index is 11.9. The van der Waals surface area contributed by atoms with E-state index in [0.717, 1.165) is 17.7 Å². The highest BCUT2D eigenvalue weighted by molar-refractivity contribution is 7.80. The number of hydrogen-bond donors (Lipinski definition) is 3. The van der Waals surface area contributed by atoms with Crippen LogP contribution in [-0.2, 0) is 6.42 Å². The van der Waals surface area contributed by atoms with Crippen LogP contribution in [0.1, 0.15) is 16.1 Å². The first-order chi connectivity index (χ1) is 13.5. The summed E-state index contributed by atoms with van der Waals surface area (Å²) in [6.07, 6.45) is 2.22. The van der Waals surface area contributed by atoms with Gasteiger partial charge in [-0.3, -0.25) is 4.79 Å². The highest BCUT2D eigenvalue weighted by Crippen LogP contribution is 2.22. The largest absolute Gasteiger partial charge is 0.459 e. The van der Waals surface area contributed by atoms with Gasteiger partial charge >= 0.3 is 0 Å². The van der Waals surface area contributed by atoms with Crippen molar-refractivity contribution in [2.24, 2.45) is 0 Å². The van der Waals surface area contributed by atoms with Gasteiger partial charge in [0, 0.05) is 17.9 Å². The minimum Gasteiger partial charge on any atom is -0.459 e. The lowest BCUT2D eigenvalue weighted by atomic mass is 10.1. The van der Waals surface area contributed by atoms with Gasteiger partial charge < -0.3 is 20.4 Å². The van der Waals surface area contributed by atoms with Crippen LogP contribution in [0.15, 0.2) is 65.3 Å². The van der Waals surface area contributed by atoms with Crippen molar-refractivity contribution < 1.29 is 9.21 Å². The Morgan fingerprint density at radius 1 is 0.964 bits per heavy atom. The van der Waals surface area contributed by atoms with Crippen molar-refractivity contribution in [1.29, 1.82) is 0 Å². The fourth-order valence-corrected chi connectivity index (χ4v) is 2.97. The number of carbonyl (C=O) groups is 1. The van der Waals surface area contributed by atoms with E-state index in [1.165, 1.54) is 6.26 Å². The molecule has 3 rings (SSSR count). The topological polar surface area (TPSA) is 66.3 Å². The molecular formula is C20H17Cl2N3O2S. The zero-order valence-electron chi connectivity index (χ0n) is 14.7. The molecule has 144 valence electrons. The third kappa shape index (κ3) is 5.73. The molecule has 0 spiro atoms. The van der Waals surface area contributed by atoms with Gasteiger partial charge in [-0.15, -0.1) is 0 Å². The normalized spacial score (nSPS) is 10.4. The molecule has 8 heteroatoms. The second-order valence-corrected chi connectivity index (χ2v) is 7.11. The van der Waals surface area contributed by atoms with Crippen molar-refractivity contribution in [3.63, 3.8) is 0 Å². The summed E-state index contributed by atoms with van der Waals surface area (Å²) in [5, 5.41) is 10.6. The van der Waals surface area contributed by atoms with E-state index in [1.807, 2.05) is 24.3 Å². The number of thiocarbonyl (C=S) groups is 1. The van der Waals surface area contributed by atoms with Gasteiger partial charge in [0.2, 0.25) is 0 Å². The molecule has 3 N–H and O–H groups in total. The highest BCUT2D eigenvalue weighted by Gasteiger charge is 2.08. The van der Waals surface area contributed by atoms with Crippen LogP contribution in [-0.4, -0.2) is 17.6 Å². The quantitative estimate of drug-likeness (QED) is 0.456. The summed E-state index contributed by atoms with van der Waals surface area (Å²) in [5.41, 5.74) is 2.54. The molecule has 0 aliphatic heterocycles. The summed E-state index contributed by atoms with van der Waals surface area (Å²) in [7, 11) is 0. The Kier molecular flexibility index (Phi) is 6.92. The first-order valence-electron chi connectivity index (χ1n) is 8.45. The van der Waals surface area contributed by atoms with Gasteiger partial charge in [0.05, 0.1) is 16.3 Å². The Morgan fingerprint density at radius 2 is 1.68 bits per heavy atom. The summed E-state index contributed by atoms with van der Waals surface area (Å²) < 4.78 is 5.06. The Labute approximate surface area is 178 Å². The standard InChI is InChI=1S/C20H17Cl2N3O2S/c21-16-8-3-13(12-17(16)22)9-10-23-20(28)25-15-6-4-14(5-7-15)24-19(26)18-2-1-11-27-18/h1-8,11-12H,9-10H2,(H,24,26)(H2,23,25,28). The lowest BCUT2D eigenvalue weighted by Gasteiger charge is -2.11. The number of hydrogen-bond acceptors (Lipinski definition) is 3. The van der Waals surface area contributed by atoms with E-state index in [9.17, 15) is 4.79 Å². The van der Waals surface area contributed by atoms with Gasteiger partial charge in [-0.2, -0.15) is 0 Å². The molecule has 1 heterocycles.